The standard InChI is InChI=1S/C15H12ClNO4S/c16-9-5-6-13(18)11(7-9)15(19)17-12-8-22(20,21)14-4-2-1-3-10(12)14/h1-7,12,18H,8H2,(H,17,19)/t12-/m1/s1. The van der Waals surface area contributed by atoms with Crippen LogP contribution in [0.15, 0.2) is 47.4 Å². The molecule has 2 aromatic carbocycles. The second-order valence-corrected chi connectivity index (χ2v) is 7.45. The third kappa shape index (κ3) is 2.55. The Morgan fingerprint density at radius 1 is 1.23 bits per heavy atom. The summed E-state index contributed by atoms with van der Waals surface area (Å²) in [5, 5.41) is 12.7. The van der Waals surface area contributed by atoms with Gasteiger partial charge in [-0.3, -0.25) is 4.79 Å². The molecule has 0 spiro atoms. The van der Waals surface area contributed by atoms with Gasteiger partial charge < -0.3 is 10.4 Å². The number of rotatable bonds is 2. The second kappa shape index (κ2) is 5.30. The van der Waals surface area contributed by atoms with Crippen LogP contribution in [-0.2, 0) is 9.84 Å². The van der Waals surface area contributed by atoms with E-state index in [9.17, 15) is 18.3 Å². The van der Waals surface area contributed by atoms with Crippen LogP contribution in [0, 0.1) is 0 Å². The number of sulfone groups is 1. The fourth-order valence-electron chi connectivity index (χ4n) is 2.50. The molecule has 1 atom stereocenters. The van der Waals surface area contributed by atoms with Crippen LogP contribution in [-0.4, -0.2) is 25.2 Å². The molecule has 2 aromatic rings. The van der Waals surface area contributed by atoms with Gasteiger partial charge in [0, 0.05) is 5.02 Å². The number of halogens is 1. The molecule has 0 aliphatic carbocycles. The molecule has 3 rings (SSSR count). The van der Waals surface area contributed by atoms with Crippen LogP contribution in [0.2, 0.25) is 5.02 Å². The summed E-state index contributed by atoms with van der Waals surface area (Å²) in [6.45, 7) is 0. The molecule has 22 heavy (non-hydrogen) atoms. The highest BCUT2D eigenvalue weighted by molar-refractivity contribution is 7.91. The van der Waals surface area contributed by atoms with Crippen LogP contribution in [0.1, 0.15) is 22.0 Å². The summed E-state index contributed by atoms with van der Waals surface area (Å²) in [6.07, 6.45) is 0. The first kappa shape index (κ1) is 14.9. The topological polar surface area (TPSA) is 83.5 Å². The van der Waals surface area contributed by atoms with Crippen LogP contribution in [0.5, 0.6) is 5.75 Å². The first-order valence-electron chi connectivity index (χ1n) is 6.49. The van der Waals surface area contributed by atoms with Crippen LogP contribution in [0.4, 0.5) is 0 Å². The molecule has 0 saturated carbocycles. The molecule has 0 aromatic heterocycles. The number of phenolic OH excluding ortho intramolecular Hbond substituents is 1. The Morgan fingerprint density at radius 2 is 1.95 bits per heavy atom. The third-order valence-electron chi connectivity index (χ3n) is 3.52. The Kier molecular flexibility index (Phi) is 3.58. The molecule has 1 heterocycles. The van der Waals surface area contributed by atoms with Crippen LogP contribution in [0.3, 0.4) is 0 Å². The number of hydrogen-bond donors (Lipinski definition) is 2. The number of phenols is 1. The Balaban J connectivity index is 1.92. The normalized spacial score (nSPS) is 18.7. The highest BCUT2D eigenvalue weighted by atomic mass is 35.5. The number of hydrogen-bond acceptors (Lipinski definition) is 4. The van der Waals surface area contributed by atoms with Gasteiger partial charge in [-0.1, -0.05) is 29.8 Å². The molecular formula is C15H12ClNO4S. The predicted molar refractivity (Wildman–Crippen MR) is 81.8 cm³/mol. The van der Waals surface area contributed by atoms with Crippen molar-refractivity contribution in [1.29, 1.82) is 0 Å². The summed E-state index contributed by atoms with van der Waals surface area (Å²) < 4.78 is 24.2. The molecule has 0 fully saturated rings. The molecule has 1 amide bonds. The molecular weight excluding hydrogens is 326 g/mol. The number of carbonyl (C=O) groups is 1. The van der Waals surface area contributed by atoms with Crippen LogP contribution in [0.25, 0.3) is 0 Å². The summed E-state index contributed by atoms with van der Waals surface area (Å²) >= 11 is 5.82. The second-order valence-electron chi connectivity index (χ2n) is 5.01. The molecule has 114 valence electrons. The van der Waals surface area contributed by atoms with E-state index < -0.39 is 21.8 Å². The zero-order valence-corrected chi connectivity index (χ0v) is 12.9. The number of benzene rings is 2. The Morgan fingerprint density at radius 3 is 2.73 bits per heavy atom. The zero-order valence-electron chi connectivity index (χ0n) is 11.3. The van der Waals surface area contributed by atoms with Gasteiger partial charge in [0.2, 0.25) is 0 Å². The number of nitrogens with one attached hydrogen (secondary N) is 1. The summed E-state index contributed by atoms with van der Waals surface area (Å²) in [5.74, 6) is -0.979. The fraction of sp³-hybridized carbons (Fsp3) is 0.133. The smallest absolute Gasteiger partial charge is 0.255 e. The molecule has 2 N–H and O–H groups in total. The molecule has 0 unspecified atom stereocenters. The van der Waals surface area contributed by atoms with Gasteiger partial charge >= 0.3 is 0 Å². The van der Waals surface area contributed by atoms with E-state index in [1.54, 1.807) is 18.2 Å². The maximum Gasteiger partial charge on any atom is 0.255 e. The largest absolute Gasteiger partial charge is 0.507 e. The van der Waals surface area contributed by atoms with Gasteiger partial charge in [-0.2, -0.15) is 0 Å². The molecule has 0 radical (unpaired) electrons. The minimum Gasteiger partial charge on any atom is -0.507 e. The molecule has 0 saturated heterocycles. The van der Waals surface area contributed by atoms with Crippen molar-refractivity contribution in [2.45, 2.75) is 10.9 Å². The summed E-state index contributed by atoms with van der Waals surface area (Å²) in [5.41, 5.74) is 0.562. The van der Waals surface area contributed by atoms with Crippen molar-refractivity contribution in [2.75, 3.05) is 5.75 Å². The Hall–Kier alpha value is -2.05. The summed E-state index contributed by atoms with van der Waals surface area (Å²) in [7, 11) is -3.40. The average Bonchev–Trinajstić information content (AvgIpc) is 2.73. The number of amides is 1. The minimum atomic E-state index is -3.40. The Labute approximate surface area is 132 Å². The van der Waals surface area contributed by atoms with Crippen molar-refractivity contribution in [3.8, 4) is 5.75 Å². The molecule has 7 heteroatoms. The number of fused-ring (bicyclic) bond motifs is 1. The minimum absolute atomic E-state index is 0.00859. The third-order valence-corrected chi connectivity index (χ3v) is 5.57. The molecule has 1 aliphatic rings. The zero-order chi connectivity index (χ0) is 15.9. The van der Waals surface area contributed by atoms with E-state index in [1.165, 1.54) is 24.3 Å². The lowest BCUT2D eigenvalue weighted by atomic mass is 10.1. The lowest BCUT2D eigenvalue weighted by molar-refractivity contribution is 0.0938. The van der Waals surface area contributed by atoms with Crippen molar-refractivity contribution in [3.63, 3.8) is 0 Å². The van der Waals surface area contributed by atoms with Gasteiger partial charge in [-0.05, 0) is 29.8 Å². The van der Waals surface area contributed by atoms with E-state index >= 15 is 0 Å². The van der Waals surface area contributed by atoms with E-state index in [0.29, 0.717) is 10.6 Å². The number of carbonyl (C=O) groups excluding carboxylic acids is 1. The maximum atomic E-state index is 12.3. The van der Waals surface area contributed by atoms with E-state index in [4.69, 9.17) is 11.6 Å². The van der Waals surface area contributed by atoms with E-state index in [0.717, 1.165) is 0 Å². The fourth-order valence-corrected chi connectivity index (χ4v) is 4.40. The summed E-state index contributed by atoms with van der Waals surface area (Å²) in [6, 6.07) is 10.0. The monoisotopic (exact) mass is 337 g/mol. The number of aromatic hydroxyl groups is 1. The molecule has 5 nitrogen and oxygen atoms in total. The highest BCUT2D eigenvalue weighted by Crippen LogP contribution is 2.33. The van der Waals surface area contributed by atoms with Gasteiger partial charge in [-0.15, -0.1) is 0 Å². The highest BCUT2D eigenvalue weighted by Gasteiger charge is 2.35. The van der Waals surface area contributed by atoms with Crippen molar-refractivity contribution < 1.29 is 18.3 Å². The van der Waals surface area contributed by atoms with E-state index in [2.05, 4.69) is 5.32 Å². The summed E-state index contributed by atoms with van der Waals surface area (Å²) in [4.78, 5) is 12.5. The molecule has 1 aliphatic heterocycles. The molecule has 0 bridgehead atoms. The van der Waals surface area contributed by atoms with Gasteiger partial charge in [0.1, 0.15) is 5.75 Å². The van der Waals surface area contributed by atoms with E-state index in [1.807, 2.05) is 0 Å². The first-order chi connectivity index (χ1) is 10.4. The lowest BCUT2D eigenvalue weighted by Crippen LogP contribution is -2.29. The quantitative estimate of drug-likeness (QED) is 0.880. The lowest BCUT2D eigenvalue weighted by Gasteiger charge is -2.13. The van der Waals surface area contributed by atoms with Crippen molar-refractivity contribution in [3.05, 3.63) is 58.6 Å². The van der Waals surface area contributed by atoms with Gasteiger partial charge in [0.15, 0.2) is 9.84 Å². The van der Waals surface area contributed by atoms with Crippen molar-refractivity contribution >= 4 is 27.3 Å². The van der Waals surface area contributed by atoms with Crippen LogP contribution >= 0.6 is 11.6 Å². The maximum absolute atomic E-state index is 12.3. The first-order valence-corrected chi connectivity index (χ1v) is 8.52. The van der Waals surface area contributed by atoms with Gasteiger partial charge in [0.05, 0.1) is 22.3 Å². The van der Waals surface area contributed by atoms with Crippen LogP contribution < -0.4 is 5.32 Å². The SMILES string of the molecule is O=C(N[C@@H]1CS(=O)(=O)c2ccccc21)c1cc(Cl)ccc1O. The van der Waals surface area contributed by atoms with Crippen molar-refractivity contribution in [1.82, 2.24) is 5.32 Å². The van der Waals surface area contributed by atoms with Gasteiger partial charge in [0.25, 0.3) is 5.91 Å². The Bertz CT molecular complexity index is 864. The predicted octanol–water partition coefficient (Wildman–Crippen LogP) is 2.30. The van der Waals surface area contributed by atoms with Gasteiger partial charge in [-0.25, -0.2) is 8.42 Å². The van der Waals surface area contributed by atoms with Crippen molar-refractivity contribution in [2.24, 2.45) is 0 Å². The average molecular weight is 338 g/mol. The van der Waals surface area contributed by atoms with E-state index in [-0.39, 0.29) is 22.0 Å².